The first-order valence-electron chi connectivity index (χ1n) is 10.2. The van der Waals surface area contributed by atoms with Crippen molar-refractivity contribution in [1.29, 1.82) is 0 Å². The van der Waals surface area contributed by atoms with E-state index in [0.717, 1.165) is 31.0 Å². The second-order valence-electron chi connectivity index (χ2n) is 7.97. The van der Waals surface area contributed by atoms with Gasteiger partial charge in [-0.15, -0.1) is 0 Å². The number of sulfonamides is 1. The van der Waals surface area contributed by atoms with Gasteiger partial charge in [0.1, 0.15) is 5.75 Å². The number of anilines is 1. The molecule has 3 rings (SSSR count). The van der Waals surface area contributed by atoms with Crippen LogP contribution < -0.4 is 10.1 Å². The van der Waals surface area contributed by atoms with Gasteiger partial charge in [0.05, 0.1) is 28.0 Å². The lowest BCUT2D eigenvalue weighted by Crippen LogP contribution is -2.32. The van der Waals surface area contributed by atoms with Crippen molar-refractivity contribution in [2.45, 2.75) is 43.2 Å². The number of ether oxygens (including phenoxy) is 1. The second-order valence-corrected chi connectivity index (χ2v) is 12.1. The number of nitrogens with zero attached hydrogens (tertiary/aromatic N) is 1. The number of benzene rings is 1. The number of amides is 1. The van der Waals surface area contributed by atoms with E-state index in [1.165, 1.54) is 4.31 Å². The molecule has 13 heteroatoms. The molecule has 1 aromatic carbocycles. The van der Waals surface area contributed by atoms with Crippen molar-refractivity contribution in [3.63, 3.8) is 0 Å². The smallest absolute Gasteiger partial charge is 0.422 e. The van der Waals surface area contributed by atoms with Gasteiger partial charge in [0.2, 0.25) is 15.9 Å². The zero-order valence-corrected chi connectivity index (χ0v) is 18.9. The summed E-state index contributed by atoms with van der Waals surface area (Å²) in [6, 6.07) is 3.27. The average molecular weight is 499 g/mol. The van der Waals surface area contributed by atoms with Gasteiger partial charge in [0.25, 0.3) is 0 Å². The SMILES string of the molecule is O=C(Nc1cc(S(=O)(=O)N2CCCCCC2)ccc1OCC(F)(F)F)C1CCS(=O)(=O)C1. The monoisotopic (exact) mass is 498 g/mol. The Bertz CT molecular complexity index is 1050. The zero-order valence-electron chi connectivity index (χ0n) is 17.2. The van der Waals surface area contributed by atoms with Crippen molar-refractivity contribution < 1.29 is 39.5 Å². The maximum Gasteiger partial charge on any atom is 0.422 e. The van der Waals surface area contributed by atoms with Gasteiger partial charge in [0.15, 0.2) is 16.4 Å². The summed E-state index contributed by atoms with van der Waals surface area (Å²) in [6.07, 6.45) is -1.35. The second kappa shape index (κ2) is 9.56. The number of hydrogen-bond acceptors (Lipinski definition) is 6. The summed E-state index contributed by atoms with van der Waals surface area (Å²) < 4.78 is 93.4. The Morgan fingerprint density at radius 3 is 2.38 bits per heavy atom. The lowest BCUT2D eigenvalue weighted by molar-refractivity contribution is -0.153. The molecule has 2 saturated heterocycles. The Hall–Kier alpha value is -1.86. The van der Waals surface area contributed by atoms with E-state index in [9.17, 15) is 34.8 Å². The van der Waals surface area contributed by atoms with E-state index in [1.807, 2.05) is 0 Å². The summed E-state index contributed by atoms with van der Waals surface area (Å²) in [4.78, 5) is 12.4. The molecule has 1 amide bonds. The van der Waals surface area contributed by atoms with Crippen LogP contribution in [0.15, 0.2) is 23.1 Å². The number of alkyl halides is 3. The Labute approximate surface area is 185 Å². The summed E-state index contributed by atoms with van der Waals surface area (Å²) in [5.41, 5.74) is -0.251. The molecule has 2 heterocycles. The summed E-state index contributed by atoms with van der Waals surface area (Å²) in [7, 11) is -7.30. The first kappa shape index (κ1) is 24.8. The Balaban J connectivity index is 1.89. The molecule has 8 nitrogen and oxygen atoms in total. The fourth-order valence-corrected chi connectivity index (χ4v) is 7.01. The zero-order chi connectivity index (χ0) is 23.6. The molecule has 1 unspecified atom stereocenters. The quantitative estimate of drug-likeness (QED) is 0.646. The minimum Gasteiger partial charge on any atom is -0.482 e. The molecule has 0 bridgehead atoms. The highest BCUT2D eigenvalue weighted by atomic mass is 32.2. The fraction of sp³-hybridized carbons (Fsp3) is 0.632. The number of carbonyl (C=O) groups excluding carboxylic acids is 1. The molecule has 0 spiro atoms. The Morgan fingerprint density at radius 1 is 1.16 bits per heavy atom. The van der Waals surface area contributed by atoms with Gasteiger partial charge in [-0.25, -0.2) is 16.8 Å². The van der Waals surface area contributed by atoms with Crippen LogP contribution in [0.3, 0.4) is 0 Å². The van der Waals surface area contributed by atoms with Gasteiger partial charge in [-0.05, 0) is 37.5 Å². The van der Waals surface area contributed by atoms with Crippen LogP contribution in [0, 0.1) is 5.92 Å². The van der Waals surface area contributed by atoms with Gasteiger partial charge >= 0.3 is 6.18 Å². The number of rotatable bonds is 6. The highest BCUT2D eigenvalue weighted by Crippen LogP contribution is 2.32. The topological polar surface area (TPSA) is 110 Å². The van der Waals surface area contributed by atoms with Crippen molar-refractivity contribution >= 4 is 31.5 Å². The van der Waals surface area contributed by atoms with Crippen molar-refractivity contribution in [2.75, 3.05) is 36.5 Å². The van der Waals surface area contributed by atoms with E-state index >= 15 is 0 Å². The summed E-state index contributed by atoms with van der Waals surface area (Å²) >= 11 is 0. The van der Waals surface area contributed by atoms with E-state index in [-0.39, 0.29) is 34.3 Å². The molecule has 2 fully saturated rings. The van der Waals surface area contributed by atoms with E-state index in [2.05, 4.69) is 5.32 Å². The maximum atomic E-state index is 13.1. The van der Waals surface area contributed by atoms with Crippen LogP contribution in [0.1, 0.15) is 32.1 Å². The summed E-state index contributed by atoms with van der Waals surface area (Å²) in [5.74, 6) is -2.48. The highest BCUT2D eigenvalue weighted by Gasteiger charge is 2.34. The fourth-order valence-electron chi connectivity index (χ4n) is 3.72. The van der Waals surface area contributed by atoms with Crippen LogP contribution in [-0.2, 0) is 24.7 Å². The van der Waals surface area contributed by atoms with E-state index in [4.69, 9.17) is 4.74 Å². The van der Waals surface area contributed by atoms with Crippen LogP contribution in [0.25, 0.3) is 0 Å². The van der Waals surface area contributed by atoms with Crippen molar-refractivity contribution in [2.24, 2.45) is 5.92 Å². The van der Waals surface area contributed by atoms with Gasteiger partial charge < -0.3 is 10.1 Å². The Morgan fingerprint density at radius 2 is 1.81 bits per heavy atom. The standard InChI is InChI=1S/C19H25F3N2O6S2/c20-19(21,22)13-30-17-6-5-15(32(28,29)24-8-3-1-2-4-9-24)11-16(17)23-18(25)14-7-10-31(26,27)12-14/h5-6,11,14H,1-4,7-10,12-13H2,(H,23,25). The van der Waals surface area contributed by atoms with E-state index < -0.39 is 44.5 Å². The predicted octanol–water partition coefficient (Wildman–Crippen LogP) is 2.57. The molecule has 1 N–H and O–H groups in total. The van der Waals surface area contributed by atoms with Gasteiger partial charge in [-0.2, -0.15) is 17.5 Å². The van der Waals surface area contributed by atoms with E-state index in [0.29, 0.717) is 25.9 Å². The van der Waals surface area contributed by atoms with Gasteiger partial charge in [0, 0.05) is 13.1 Å². The number of hydrogen-bond donors (Lipinski definition) is 1. The minimum atomic E-state index is -4.64. The number of sulfone groups is 1. The molecule has 2 aliphatic heterocycles. The Kier molecular flexibility index (Phi) is 7.40. The molecule has 180 valence electrons. The number of halogens is 3. The molecule has 0 radical (unpaired) electrons. The van der Waals surface area contributed by atoms with Crippen LogP contribution in [0.5, 0.6) is 5.75 Å². The number of carbonyl (C=O) groups is 1. The van der Waals surface area contributed by atoms with Crippen LogP contribution in [0.4, 0.5) is 18.9 Å². The normalized spacial score (nSPS) is 22.3. The summed E-state index contributed by atoms with van der Waals surface area (Å²) in [5, 5.41) is 2.38. The molecular formula is C19H25F3N2O6S2. The molecule has 0 aliphatic carbocycles. The largest absolute Gasteiger partial charge is 0.482 e. The highest BCUT2D eigenvalue weighted by molar-refractivity contribution is 7.91. The lowest BCUT2D eigenvalue weighted by atomic mass is 10.1. The molecule has 0 saturated carbocycles. The predicted molar refractivity (Wildman–Crippen MR) is 111 cm³/mol. The molecule has 0 aromatic heterocycles. The lowest BCUT2D eigenvalue weighted by Gasteiger charge is -2.21. The van der Waals surface area contributed by atoms with E-state index in [1.54, 1.807) is 0 Å². The molecule has 1 aromatic rings. The number of nitrogens with one attached hydrogen (secondary N) is 1. The van der Waals surface area contributed by atoms with Crippen molar-refractivity contribution in [3.8, 4) is 5.75 Å². The summed E-state index contributed by atoms with van der Waals surface area (Å²) in [6.45, 7) is -0.974. The minimum absolute atomic E-state index is 0.0820. The van der Waals surface area contributed by atoms with Gasteiger partial charge in [-0.3, -0.25) is 4.79 Å². The van der Waals surface area contributed by atoms with Gasteiger partial charge in [-0.1, -0.05) is 12.8 Å². The first-order valence-corrected chi connectivity index (χ1v) is 13.5. The maximum absolute atomic E-state index is 13.1. The van der Waals surface area contributed by atoms with Crippen molar-refractivity contribution in [1.82, 2.24) is 4.31 Å². The average Bonchev–Trinajstić information content (AvgIpc) is 2.90. The third-order valence-electron chi connectivity index (χ3n) is 5.41. The van der Waals surface area contributed by atoms with Crippen LogP contribution in [0.2, 0.25) is 0 Å². The van der Waals surface area contributed by atoms with Crippen molar-refractivity contribution in [3.05, 3.63) is 18.2 Å². The third-order valence-corrected chi connectivity index (χ3v) is 9.07. The molecule has 2 aliphatic rings. The molecule has 32 heavy (non-hydrogen) atoms. The van der Waals surface area contributed by atoms with Crippen LogP contribution in [-0.4, -0.2) is 64.4 Å². The first-order chi connectivity index (χ1) is 14.9. The molecule has 1 atom stereocenters. The molecular weight excluding hydrogens is 473 g/mol. The third kappa shape index (κ3) is 6.35. The van der Waals surface area contributed by atoms with Crippen LogP contribution >= 0.6 is 0 Å².